The molecule has 33 heavy (non-hydrogen) atoms. The van der Waals surface area contributed by atoms with Crippen molar-refractivity contribution < 1.29 is 23.7 Å². The minimum absolute atomic E-state index is 0.0627. The molecule has 0 bridgehead atoms. The minimum atomic E-state index is -1.22. The summed E-state index contributed by atoms with van der Waals surface area (Å²) >= 11 is 5.98. The molecule has 8 nitrogen and oxygen atoms in total. The van der Waals surface area contributed by atoms with E-state index in [9.17, 15) is 24.1 Å². The standard InChI is InChI=1S/C23H15ClFN3O5/c24-15-11-10-13(12-18(15)28(31)32)20-19-21(33-27(20)14-6-2-1-3-7-14)23(30)26(22(19)29)17-9-5-4-8-16(17)25/h1-12,19-21H/t19-,20-,21-/m1/s1. The maximum absolute atomic E-state index is 14.4. The van der Waals surface area contributed by atoms with Crippen molar-refractivity contribution in [1.29, 1.82) is 0 Å². The van der Waals surface area contributed by atoms with Crippen LogP contribution in [0.5, 0.6) is 0 Å². The van der Waals surface area contributed by atoms with Crippen molar-refractivity contribution in [2.75, 3.05) is 9.96 Å². The zero-order chi connectivity index (χ0) is 23.3. The molecule has 0 aliphatic carbocycles. The number of benzene rings is 3. The Hall–Kier alpha value is -3.82. The highest BCUT2D eigenvalue weighted by Crippen LogP contribution is 2.48. The van der Waals surface area contributed by atoms with Gasteiger partial charge in [0.25, 0.3) is 11.6 Å². The van der Waals surface area contributed by atoms with Gasteiger partial charge in [-0.05, 0) is 35.9 Å². The van der Waals surface area contributed by atoms with Crippen LogP contribution in [0.4, 0.5) is 21.5 Å². The number of para-hydroxylation sites is 2. The fraction of sp³-hybridized carbons (Fsp3) is 0.130. The van der Waals surface area contributed by atoms with Crippen LogP contribution in [0, 0.1) is 21.8 Å². The molecular formula is C23H15ClFN3O5. The van der Waals surface area contributed by atoms with Gasteiger partial charge in [0, 0.05) is 6.07 Å². The summed E-state index contributed by atoms with van der Waals surface area (Å²) in [5.41, 5.74) is 0.400. The fourth-order valence-electron chi connectivity index (χ4n) is 4.28. The van der Waals surface area contributed by atoms with Gasteiger partial charge in [0.15, 0.2) is 6.10 Å². The molecule has 3 aromatic carbocycles. The number of halogens is 2. The van der Waals surface area contributed by atoms with Crippen molar-refractivity contribution in [3.63, 3.8) is 0 Å². The number of rotatable bonds is 4. The first kappa shape index (κ1) is 21.0. The van der Waals surface area contributed by atoms with E-state index in [1.807, 2.05) is 0 Å². The number of hydrogen-bond donors (Lipinski definition) is 0. The van der Waals surface area contributed by atoms with Crippen LogP contribution < -0.4 is 9.96 Å². The highest BCUT2D eigenvalue weighted by molar-refractivity contribution is 6.32. The Morgan fingerprint density at radius 2 is 1.67 bits per heavy atom. The summed E-state index contributed by atoms with van der Waals surface area (Å²) < 4.78 is 14.4. The molecule has 166 valence electrons. The molecule has 0 unspecified atom stereocenters. The minimum Gasteiger partial charge on any atom is -0.273 e. The van der Waals surface area contributed by atoms with E-state index < -0.39 is 40.6 Å². The summed E-state index contributed by atoms with van der Waals surface area (Å²) in [5, 5.41) is 12.8. The predicted molar refractivity (Wildman–Crippen MR) is 117 cm³/mol. The Bertz CT molecular complexity index is 1290. The van der Waals surface area contributed by atoms with Crippen LogP contribution in [0.25, 0.3) is 0 Å². The van der Waals surface area contributed by atoms with E-state index in [0.29, 0.717) is 11.3 Å². The number of nitro benzene ring substituents is 1. The van der Waals surface area contributed by atoms with E-state index in [1.54, 1.807) is 36.4 Å². The number of hydroxylamine groups is 1. The van der Waals surface area contributed by atoms with Gasteiger partial charge in [-0.2, -0.15) is 0 Å². The van der Waals surface area contributed by atoms with Crippen LogP contribution in [0.3, 0.4) is 0 Å². The van der Waals surface area contributed by atoms with E-state index >= 15 is 0 Å². The van der Waals surface area contributed by atoms with E-state index in [2.05, 4.69) is 0 Å². The molecule has 5 rings (SSSR count). The van der Waals surface area contributed by atoms with Crippen LogP contribution in [0.15, 0.2) is 72.8 Å². The normalized spacial score (nSPS) is 22.1. The van der Waals surface area contributed by atoms with Crippen molar-refractivity contribution in [3.05, 3.63) is 99.3 Å². The zero-order valence-corrected chi connectivity index (χ0v) is 17.6. The third kappa shape index (κ3) is 3.33. The predicted octanol–water partition coefficient (Wildman–Crippen LogP) is 4.44. The van der Waals surface area contributed by atoms with Crippen LogP contribution in [0.2, 0.25) is 5.02 Å². The van der Waals surface area contributed by atoms with Crippen molar-refractivity contribution in [2.45, 2.75) is 12.1 Å². The SMILES string of the molecule is O=C1[C@@H]2[C@@H](c3ccc(Cl)c([N+](=O)[O-])c3)N(c3ccccc3)O[C@H]2C(=O)N1c1ccccc1F. The number of amides is 2. The number of carbonyl (C=O) groups is 2. The molecule has 0 saturated carbocycles. The first-order valence-electron chi connectivity index (χ1n) is 9.95. The highest BCUT2D eigenvalue weighted by atomic mass is 35.5. The van der Waals surface area contributed by atoms with Crippen LogP contribution in [-0.2, 0) is 14.4 Å². The molecule has 0 aromatic heterocycles. The van der Waals surface area contributed by atoms with E-state index in [1.165, 1.54) is 35.4 Å². The summed E-state index contributed by atoms with van der Waals surface area (Å²) in [7, 11) is 0. The van der Waals surface area contributed by atoms with Gasteiger partial charge < -0.3 is 0 Å². The maximum atomic E-state index is 14.4. The average Bonchev–Trinajstić information content (AvgIpc) is 3.31. The lowest BCUT2D eigenvalue weighted by Gasteiger charge is -2.28. The number of anilines is 2. The van der Waals surface area contributed by atoms with Crippen LogP contribution in [0.1, 0.15) is 11.6 Å². The topological polar surface area (TPSA) is 93.0 Å². The van der Waals surface area contributed by atoms with Crippen molar-refractivity contribution >= 4 is 40.5 Å². The largest absolute Gasteiger partial charge is 0.288 e. The van der Waals surface area contributed by atoms with E-state index in [4.69, 9.17) is 16.4 Å². The molecule has 3 atom stereocenters. The lowest BCUT2D eigenvalue weighted by Crippen LogP contribution is -2.37. The zero-order valence-electron chi connectivity index (χ0n) is 16.8. The van der Waals surface area contributed by atoms with Gasteiger partial charge >= 0.3 is 0 Å². The molecule has 2 amide bonds. The number of nitrogens with zero attached hydrogens (tertiary/aromatic N) is 3. The number of carbonyl (C=O) groups excluding carboxylic acids is 2. The Morgan fingerprint density at radius 3 is 2.36 bits per heavy atom. The summed E-state index contributed by atoms with van der Waals surface area (Å²) in [5.74, 6) is -3.14. The van der Waals surface area contributed by atoms with Crippen molar-refractivity contribution in [1.82, 2.24) is 0 Å². The molecule has 0 radical (unpaired) electrons. The molecule has 10 heteroatoms. The number of fused-ring (bicyclic) bond motifs is 1. The Morgan fingerprint density at radius 1 is 0.970 bits per heavy atom. The van der Waals surface area contributed by atoms with Gasteiger partial charge in [0.2, 0.25) is 5.91 Å². The third-order valence-corrected chi connectivity index (χ3v) is 6.05. The maximum Gasteiger partial charge on any atom is 0.288 e. The molecule has 3 aromatic rings. The molecule has 2 aliphatic heterocycles. The molecule has 2 fully saturated rings. The van der Waals surface area contributed by atoms with Gasteiger partial charge in [0.1, 0.15) is 16.8 Å². The summed E-state index contributed by atoms with van der Waals surface area (Å²) in [6.45, 7) is 0. The fourth-order valence-corrected chi connectivity index (χ4v) is 4.46. The Balaban J connectivity index is 1.63. The van der Waals surface area contributed by atoms with Crippen LogP contribution in [-0.4, -0.2) is 22.8 Å². The van der Waals surface area contributed by atoms with Gasteiger partial charge in [-0.1, -0.05) is 48.0 Å². The molecule has 0 spiro atoms. The quantitative estimate of drug-likeness (QED) is 0.320. The summed E-state index contributed by atoms with van der Waals surface area (Å²) in [6, 6.07) is 17.5. The van der Waals surface area contributed by atoms with E-state index in [-0.39, 0.29) is 16.4 Å². The Labute approximate surface area is 191 Å². The average molecular weight is 468 g/mol. The van der Waals surface area contributed by atoms with Gasteiger partial charge in [-0.3, -0.25) is 24.5 Å². The van der Waals surface area contributed by atoms with Crippen molar-refractivity contribution in [3.8, 4) is 0 Å². The van der Waals surface area contributed by atoms with Crippen LogP contribution >= 0.6 is 11.6 Å². The lowest BCUT2D eigenvalue weighted by molar-refractivity contribution is -0.384. The molecule has 0 N–H and O–H groups in total. The second-order valence-electron chi connectivity index (χ2n) is 7.59. The van der Waals surface area contributed by atoms with E-state index in [0.717, 1.165) is 11.0 Å². The molecule has 2 heterocycles. The summed E-state index contributed by atoms with van der Waals surface area (Å²) in [4.78, 5) is 44.2. The lowest BCUT2D eigenvalue weighted by atomic mass is 9.90. The Kier molecular flexibility index (Phi) is 5.07. The monoisotopic (exact) mass is 467 g/mol. The smallest absolute Gasteiger partial charge is 0.273 e. The first-order chi connectivity index (χ1) is 15.9. The summed E-state index contributed by atoms with van der Waals surface area (Å²) in [6.07, 6.45) is -1.22. The number of imide groups is 1. The van der Waals surface area contributed by atoms with Gasteiger partial charge in [-0.15, -0.1) is 0 Å². The second kappa shape index (κ2) is 7.95. The van der Waals surface area contributed by atoms with Gasteiger partial charge in [-0.25, -0.2) is 14.4 Å². The number of nitro groups is 1. The second-order valence-corrected chi connectivity index (χ2v) is 8.00. The molecule has 2 aliphatic rings. The molecular weight excluding hydrogens is 453 g/mol. The van der Waals surface area contributed by atoms with Crippen molar-refractivity contribution in [2.24, 2.45) is 5.92 Å². The molecule has 2 saturated heterocycles. The first-order valence-corrected chi connectivity index (χ1v) is 10.3. The highest BCUT2D eigenvalue weighted by Gasteiger charge is 2.60. The van der Waals surface area contributed by atoms with Gasteiger partial charge in [0.05, 0.1) is 22.3 Å². The number of hydrogen-bond acceptors (Lipinski definition) is 6. The third-order valence-electron chi connectivity index (χ3n) is 5.73.